The van der Waals surface area contributed by atoms with Crippen LogP contribution in [0.25, 0.3) is 16.9 Å². The molecule has 0 saturated carbocycles. The number of aromatic amines is 1. The minimum Gasteiger partial charge on any atom is -0.493 e. The number of benzene rings is 2. The molecule has 0 spiro atoms. The second-order valence-corrected chi connectivity index (χ2v) is 7.02. The number of nitrogens with one attached hydrogen (secondary N) is 2. The van der Waals surface area contributed by atoms with E-state index < -0.39 is 0 Å². The summed E-state index contributed by atoms with van der Waals surface area (Å²) in [6.07, 6.45) is 3.53. The minimum absolute atomic E-state index is 0.271. The van der Waals surface area contributed by atoms with Crippen LogP contribution in [0.15, 0.2) is 48.7 Å². The fourth-order valence-electron chi connectivity index (χ4n) is 3.58. The maximum absolute atomic E-state index is 9.49. The molecule has 0 amide bonds. The second kappa shape index (κ2) is 8.94. The molecule has 0 bridgehead atoms. The highest BCUT2D eigenvalue weighted by Crippen LogP contribution is 2.42. The lowest BCUT2D eigenvalue weighted by Crippen LogP contribution is -2.18. The molecule has 2 N–H and O–H groups in total. The van der Waals surface area contributed by atoms with Gasteiger partial charge in [-0.05, 0) is 24.6 Å². The van der Waals surface area contributed by atoms with Gasteiger partial charge in [0.2, 0.25) is 5.75 Å². The second-order valence-electron chi connectivity index (χ2n) is 7.02. The smallest absolute Gasteiger partial charge is 0.203 e. The van der Waals surface area contributed by atoms with Gasteiger partial charge in [-0.3, -0.25) is 0 Å². The summed E-state index contributed by atoms with van der Waals surface area (Å²) in [6.45, 7) is 4.22. The molecule has 8 heteroatoms. The van der Waals surface area contributed by atoms with Gasteiger partial charge in [0.15, 0.2) is 23.0 Å². The fourth-order valence-corrected chi connectivity index (χ4v) is 3.58. The number of methoxy groups -OCH3 is 3. The first-order chi connectivity index (χ1) is 15.6. The number of nitriles is 1. The Morgan fingerprint density at radius 3 is 2.41 bits per heavy atom. The molecule has 0 aliphatic rings. The number of nitrogens with zero attached hydrogens (tertiary/aromatic N) is 3. The number of H-pyrrole nitrogens is 1. The highest BCUT2D eigenvalue weighted by atomic mass is 16.5. The van der Waals surface area contributed by atoms with Crippen LogP contribution in [-0.4, -0.2) is 42.0 Å². The first-order valence-corrected chi connectivity index (χ1v) is 9.89. The number of aromatic nitrogens is 3. The molecule has 2 aromatic carbocycles. The largest absolute Gasteiger partial charge is 0.493 e. The van der Waals surface area contributed by atoms with Crippen molar-refractivity contribution in [2.24, 2.45) is 0 Å². The van der Waals surface area contributed by atoms with E-state index in [1.807, 2.05) is 48.9 Å². The lowest BCUT2D eigenvalue weighted by Gasteiger charge is -2.17. The van der Waals surface area contributed by atoms with Crippen molar-refractivity contribution in [1.82, 2.24) is 14.6 Å². The number of hydrogen-bond donors (Lipinski definition) is 2. The van der Waals surface area contributed by atoms with Gasteiger partial charge in [0.05, 0.1) is 33.2 Å². The summed E-state index contributed by atoms with van der Waals surface area (Å²) in [5.74, 6) is 2.18. The number of rotatable bonds is 8. The quantitative estimate of drug-likeness (QED) is 0.438. The zero-order valence-corrected chi connectivity index (χ0v) is 18.0. The van der Waals surface area contributed by atoms with E-state index in [4.69, 9.17) is 14.2 Å². The van der Waals surface area contributed by atoms with Crippen LogP contribution in [0.1, 0.15) is 11.1 Å². The Kier molecular flexibility index (Phi) is 5.90. The van der Waals surface area contributed by atoms with Crippen LogP contribution in [0, 0.1) is 24.7 Å². The molecule has 4 aromatic rings. The molecule has 162 valence electrons. The molecule has 0 saturated heterocycles. The van der Waals surface area contributed by atoms with Gasteiger partial charge in [0, 0.05) is 18.0 Å². The van der Waals surface area contributed by atoms with Crippen molar-refractivity contribution >= 4 is 11.5 Å². The van der Waals surface area contributed by atoms with Crippen molar-refractivity contribution in [3.63, 3.8) is 0 Å². The Bertz CT molecular complexity index is 1250. The maximum atomic E-state index is 9.49. The predicted molar refractivity (Wildman–Crippen MR) is 122 cm³/mol. The number of anilines is 1. The standard InChI is InChI=1S/C24H23N5O3/c1-15(10-16-8-6-5-7-9-16)27-24-21(28-23-18(13-25)14-26-29(23)24)17-11-19(30-2)22(32-4)20(12-17)31-3/h5-12,14-15,27-28H,1H2,2-4H3. The molecule has 2 aromatic heterocycles. The van der Waals surface area contributed by atoms with E-state index in [0.29, 0.717) is 40.0 Å². The van der Waals surface area contributed by atoms with Crippen LogP contribution in [0.5, 0.6) is 17.2 Å². The third-order valence-electron chi connectivity index (χ3n) is 5.05. The van der Waals surface area contributed by atoms with Gasteiger partial charge in [-0.15, -0.1) is 0 Å². The Morgan fingerprint density at radius 2 is 1.81 bits per heavy atom. The summed E-state index contributed by atoms with van der Waals surface area (Å²) in [7, 11) is 4.69. The van der Waals surface area contributed by atoms with Crippen molar-refractivity contribution < 1.29 is 14.2 Å². The molecule has 2 radical (unpaired) electrons. The molecule has 4 rings (SSSR count). The highest BCUT2D eigenvalue weighted by Gasteiger charge is 2.22. The van der Waals surface area contributed by atoms with E-state index in [0.717, 1.165) is 11.1 Å². The van der Waals surface area contributed by atoms with Crippen molar-refractivity contribution in [2.45, 2.75) is 6.04 Å². The average Bonchev–Trinajstić information content (AvgIpc) is 3.38. The van der Waals surface area contributed by atoms with E-state index in [1.54, 1.807) is 25.8 Å². The Balaban J connectivity index is 1.81. The first-order valence-electron chi connectivity index (χ1n) is 9.89. The van der Waals surface area contributed by atoms with E-state index in [2.05, 4.69) is 28.4 Å². The van der Waals surface area contributed by atoms with Gasteiger partial charge >= 0.3 is 0 Å². The molecule has 0 aliphatic carbocycles. The summed E-state index contributed by atoms with van der Waals surface area (Å²) in [5, 5.41) is 17.3. The first kappa shape index (κ1) is 21.1. The summed E-state index contributed by atoms with van der Waals surface area (Å²) in [4.78, 5) is 3.31. The van der Waals surface area contributed by atoms with Crippen molar-refractivity contribution in [3.8, 4) is 34.6 Å². The molecule has 1 atom stereocenters. The zero-order chi connectivity index (χ0) is 22.7. The third-order valence-corrected chi connectivity index (χ3v) is 5.05. The van der Waals surface area contributed by atoms with Crippen LogP contribution in [0.3, 0.4) is 0 Å². The Morgan fingerprint density at radius 1 is 1.12 bits per heavy atom. The van der Waals surface area contributed by atoms with Gasteiger partial charge in [-0.1, -0.05) is 30.3 Å². The van der Waals surface area contributed by atoms with Gasteiger partial charge in [0.1, 0.15) is 11.6 Å². The summed E-state index contributed by atoms with van der Waals surface area (Å²) in [5.41, 5.74) is 3.52. The minimum atomic E-state index is -0.271. The molecule has 1 unspecified atom stereocenters. The van der Waals surface area contributed by atoms with Crippen LogP contribution in [-0.2, 0) is 0 Å². The highest BCUT2D eigenvalue weighted by molar-refractivity contribution is 5.81. The summed E-state index contributed by atoms with van der Waals surface area (Å²) >= 11 is 0. The van der Waals surface area contributed by atoms with E-state index >= 15 is 0 Å². The monoisotopic (exact) mass is 429 g/mol. The summed E-state index contributed by atoms with van der Waals surface area (Å²) in [6, 6.07) is 15.5. The number of hydrogen-bond acceptors (Lipinski definition) is 6. The lowest BCUT2D eigenvalue weighted by atomic mass is 10.1. The number of fused-ring (bicyclic) bond motifs is 1. The van der Waals surface area contributed by atoms with Gasteiger partial charge in [-0.25, -0.2) is 0 Å². The Labute approximate surface area is 186 Å². The topological polar surface area (TPSA) is 96.6 Å². The van der Waals surface area contributed by atoms with Crippen LogP contribution >= 0.6 is 0 Å². The normalized spacial score (nSPS) is 11.7. The van der Waals surface area contributed by atoms with Crippen molar-refractivity contribution in [3.05, 3.63) is 73.1 Å². The van der Waals surface area contributed by atoms with Crippen molar-refractivity contribution in [2.75, 3.05) is 26.6 Å². The molecular formula is C24H23N5O3. The molecule has 8 nitrogen and oxygen atoms in total. The molecular weight excluding hydrogens is 406 g/mol. The van der Waals surface area contributed by atoms with Crippen LogP contribution < -0.4 is 19.5 Å². The SMILES string of the molecule is [CH2]C([CH]c1ccccc1)Nc1c(-c2cc(OC)c(OC)c(OC)c2)[nH]c2c(C#N)cnn12. The third kappa shape index (κ3) is 3.81. The predicted octanol–water partition coefficient (Wildman–Crippen LogP) is 4.09. The zero-order valence-electron chi connectivity index (χ0n) is 18.0. The molecule has 2 heterocycles. The van der Waals surface area contributed by atoms with Gasteiger partial charge in [0.25, 0.3) is 0 Å². The lowest BCUT2D eigenvalue weighted by molar-refractivity contribution is 0.324. The summed E-state index contributed by atoms with van der Waals surface area (Å²) < 4.78 is 18.1. The van der Waals surface area contributed by atoms with Crippen LogP contribution in [0.4, 0.5) is 5.82 Å². The average molecular weight is 429 g/mol. The molecule has 0 fully saturated rings. The van der Waals surface area contributed by atoms with E-state index in [9.17, 15) is 5.26 Å². The van der Waals surface area contributed by atoms with E-state index in [1.165, 1.54) is 6.20 Å². The van der Waals surface area contributed by atoms with Crippen molar-refractivity contribution in [1.29, 1.82) is 5.26 Å². The molecule has 32 heavy (non-hydrogen) atoms. The van der Waals surface area contributed by atoms with Gasteiger partial charge in [-0.2, -0.15) is 14.9 Å². The number of imidazole rings is 1. The molecule has 0 aliphatic heterocycles. The van der Waals surface area contributed by atoms with Crippen LogP contribution in [0.2, 0.25) is 0 Å². The maximum Gasteiger partial charge on any atom is 0.203 e. The van der Waals surface area contributed by atoms with Gasteiger partial charge < -0.3 is 24.5 Å². The fraction of sp³-hybridized carbons (Fsp3) is 0.167. The Hall–Kier alpha value is -4.12. The van der Waals surface area contributed by atoms with E-state index in [-0.39, 0.29) is 6.04 Å². The number of ether oxygens (including phenoxy) is 3.